The number of halogens is 1. The highest BCUT2D eigenvalue weighted by molar-refractivity contribution is 7.13. The van der Waals surface area contributed by atoms with E-state index in [0.29, 0.717) is 5.02 Å². The third-order valence-electron chi connectivity index (χ3n) is 5.05. The van der Waals surface area contributed by atoms with Crippen molar-refractivity contribution in [3.8, 4) is 10.6 Å². The Kier molecular flexibility index (Phi) is 6.02. The molecule has 0 aliphatic rings. The minimum absolute atomic E-state index is 0.0239. The van der Waals surface area contributed by atoms with E-state index in [4.69, 9.17) is 11.6 Å². The Labute approximate surface area is 179 Å². The van der Waals surface area contributed by atoms with Crippen molar-refractivity contribution in [2.45, 2.75) is 32.4 Å². The van der Waals surface area contributed by atoms with Gasteiger partial charge in [-0.3, -0.25) is 4.79 Å². The molecule has 1 N–H and O–H groups in total. The molecular formula is C24H23ClN2OS. The molecule has 1 amide bonds. The van der Waals surface area contributed by atoms with Gasteiger partial charge in [0, 0.05) is 22.0 Å². The van der Waals surface area contributed by atoms with Crippen LogP contribution >= 0.6 is 22.9 Å². The van der Waals surface area contributed by atoms with Crippen LogP contribution in [-0.2, 0) is 17.8 Å². The predicted octanol–water partition coefficient (Wildman–Crippen LogP) is 6.16. The molecular weight excluding hydrogens is 400 g/mol. The Bertz CT molecular complexity index is 1100. The molecule has 2 aromatic carbocycles. The van der Waals surface area contributed by atoms with E-state index >= 15 is 0 Å². The first-order valence-corrected chi connectivity index (χ1v) is 11.0. The summed E-state index contributed by atoms with van der Waals surface area (Å²) in [4.78, 5) is 14.0. The van der Waals surface area contributed by atoms with Crippen molar-refractivity contribution in [1.82, 2.24) is 9.88 Å². The van der Waals surface area contributed by atoms with Crippen LogP contribution in [0.3, 0.4) is 0 Å². The van der Waals surface area contributed by atoms with Crippen molar-refractivity contribution in [3.05, 3.63) is 82.7 Å². The number of fused-ring (bicyclic) bond motifs is 1. The van der Waals surface area contributed by atoms with E-state index < -0.39 is 0 Å². The number of benzene rings is 2. The second-order valence-electron chi connectivity index (χ2n) is 7.29. The minimum atomic E-state index is 0.0239. The van der Waals surface area contributed by atoms with E-state index in [1.54, 1.807) is 11.3 Å². The van der Waals surface area contributed by atoms with Gasteiger partial charge in [-0.25, -0.2) is 0 Å². The fourth-order valence-electron chi connectivity index (χ4n) is 3.60. The number of hydrogen-bond acceptors (Lipinski definition) is 2. The van der Waals surface area contributed by atoms with Crippen LogP contribution in [0.4, 0.5) is 0 Å². The van der Waals surface area contributed by atoms with Crippen LogP contribution in [0.1, 0.15) is 18.9 Å². The molecule has 2 heterocycles. The number of aryl methyl sites for hydroxylation is 1. The molecule has 0 bridgehead atoms. The van der Waals surface area contributed by atoms with Crippen molar-refractivity contribution in [1.29, 1.82) is 0 Å². The van der Waals surface area contributed by atoms with Gasteiger partial charge in [-0.05, 0) is 61.0 Å². The summed E-state index contributed by atoms with van der Waals surface area (Å²) in [5.41, 5.74) is 3.36. The zero-order valence-electron chi connectivity index (χ0n) is 16.3. The van der Waals surface area contributed by atoms with E-state index in [9.17, 15) is 4.79 Å². The SMILES string of the molecule is C[C@@H](CCc1ccccc1)NC(=O)Cn1c(-c2cccs2)cc2cc(Cl)ccc21. The fourth-order valence-corrected chi connectivity index (χ4v) is 4.54. The number of carbonyl (C=O) groups excluding carboxylic acids is 1. The second-order valence-corrected chi connectivity index (χ2v) is 8.67. The normalized spacial score (nSPS) is 12.2. The highest BCUT2D eigenvalue weighted by Crippen LogP contribution is 2.32. The minimum Gasteiger partial charge on any atom is -0.352 e. The Morgan fingerprint density at radius 2 is 1.93 bits per heavy atom. The average Bonchev–Trinajstić information content (AvgIpc) is 3.35. The van der Waals surface area contributed by atoms with Crippen molar-refractivity contribution >= 4 is 39.7 Å². The number of carbonyl (C=O) groups is 1. The summed E-state index contributed by atoms with van der Waals surface area (Å²) < 4.78 is 2.08. The van der Waals surface area contributed by atoms with E-state index in [-0.39, 0.29) is 18.5 Å². The molecule has 3 nitrogen and oxygen atoms in total. The van der Waals surface area contributed by atoms with Gasteiger partial charge in [0.1, 0.15) is 6.54 Å². The lowest BCUT2D eigenvalue weighted by atomic mass is 10.1. The third kappa shape index (κ3) is 4.72. The summed E-state index contributed by atoms with van der Waals surface area (Å²) in [5, 5.41) is 6.95. The third-order valence-corrected chi connectivity index (χ3v) is 6.18. The molecule has 2 aromatic heterocycles. The van der Waals surface area contributed by atoms with Crippen molar-refractivity contribution in [3.63, 3.8) is 0 Å². The molecule has 0 aliphatic heterocycles. The average molecular weight is 423 g/mol. The number of thiophene rings is 1. The quantitative estimate of drug-likeness (QED) is 0.380. The van der Waals surface area contributed by atoms with Crippen LogP contribution in [0.5, 0.6) is 0 Å². The molecule has 0 aliphatic carbocycles. The first-order chi connectivity index (χ1) is 14.1. The highest BCUT2D eigenvalue weighted by Gasteiger charge is 2.16. The van der Waals surface area contributed by atoms with Crippen molar-refractivity contribution in [2.75, 3.05) is 0 Å². The lowest BCUT2D eigenvalue weighted by Crippen LogP contribution is -2.35. The molecule has 1 atom stereocenters. The lowest BCUT2D eigenvalue weighted by molar-refractivity contribution is -0.122. The van der Waals surface area contributed by atoms with Crippen molar-refractivity contribution in [2.24, 2.45) is 0 Å². The fraction of sp³-hybridized carbons (Fsp3) is 0.208. The zero-order chi connectivity index (χ0) is 20.2. The van der Waals surface area contributed by atoms with Gasteiger partial charge >= 0.3 is 0 Å². The van der Waals surface area contributed by atoms with Gasteiger partial charge in [0.05, 0.1) is 10.6 Å². The van der Waals surface area contributed by atoms with Crippen LogP contribution in [0, 0.1) is 0 Å². The zero-order valence-corrected chi connectivity index (χ0v) is 17.8. The predicted molar refractivity (Wildman–Crippen MR) is 123 cm³/mol. The van der Waals surface area contributed by atoms with Gasteiger partial charge in [0.15, 0.2) is 0 Å². The first-order valence-electron chi connectivity index (χ1n) is 9.76. The number of aromatic nitrogens is 1. The number of nitrogens with one attached hydrogen (secondary N) is 1. The maximum absolute atomic E-state index is 12.8. The standard InChI is InChI=1S/C24H23ClN2OS/c1-17(9-10-18-6-3-2-4-7-18)26-24(28)16-27-21-12-11-20(25)14-19(21)15-22(27)23-8-5-13-29-23/h2-8,11-15,17H,9-10,16H2,1H3,(H,26,28)/t17-/m0/s1. The maximum Gasteiger partial charge on any atom is 0.240 e. The Balaban J connectivity index is 1.49. The Morgan fingerprint density at radius 3 is 2.69 bits per heavy atom. The Morgan fingerprint density at radius 1 is 1.10 bits per heavy atom. The maximum atomic E-state index is 12.8. The largest absolute Gasteiger partial charge is 0.352 e. The molecule has 29 heavy (non-hydrogen) atoms. The molecule has 0 saturated heterocycles. The summed E-state index contributed by atoms with van der Waals surface area (Å²) >= 11 is 7.85. The van der Waals surface area contributed by atoms with Crippen molar-refractivity contribution < 1.29 is 4.79 Å². The van der Waals surface area contributed by atoms with Gasteiger partial charge in [0.25, 0.3) is 0 Å². The number of amides is 1. The molecule has 5 heteroatoms. The summed E-state index contributed by atoms with van der Waals surface area (Å²) in [6, 6.07) is 22.5. The summed E-state index contributed by atoms with van der Waals surface area (Å²) in [6.07, 6.45) is 1.86. The summed E-state index contributed by atoms with van der Waals surface area (Å²) in [5.74, 6) is 0.0239. The van der Waals surface area contributed by atoms with Crippen LogP contribution in [-0.4, -0.2) is 16.5 Å². The van der Waals surface area contributed by atoms with Gasteiger partial charge < -0.3 is 9.88 Å². The van der Waals surface area contributed by atoms with Gasteiger partial charge in [-0.2, -0.15) is 0 Å². The molecule has 0 saturated carbocycles. The number of hydrogen-bond donors (Lipinski definition) is 1. The van der Waals surface area contributed by atoms with Gasteiger partial charge in [-0.1, -0.05) is 48.0 Å². The van der Waals surface area contributed by atoms with Gasteiger partial charge in [-0.15, -0.1) is 11.3 Å². The second kappa shape index (κ2) is 8.85. The van der Waals surface area contributed by atoms with Crippen LogP contribution in [0.2, 0.25) is 5.02 Å². The highest BCUT2D eigenvalue weighted by atomic mass is 35.5. The first kappa shape index (κ1) is 19.7. The molecule has 0 spiro atoms. The van der Waals surface area contributed by atoms with Crippen LogP contribution in [0.15, 0.2) is 72.1 Å². The van der Waals surface area contributed by atoms with E-state index in [0.717, 1.165) is 34.3 Å². The monoisotopic (exact) mass is 422 g/mol. The molecule has 4 rings (SSSR count). The number of nitrogens with zero attached hydrogens (tertiary/aromatic N) is 1. The summed E-state index contributed by atoms with van der Waals surface area (Å²) in [7, 11) is 0. The van der Waals surface area contributed by atoms with Crippen LogP contribution < -0.4 is 5.32 Å². The topological polar surface area (TPSA) is 34.0 Å². The van der Waals surface area contributed by atoms with E-state index in [1.807, 2.05) is 42.5 Å². The molecule has 4 aromatic rings. The van der Waals surface area contributed by atoms with Gasteiger partial charge in [0.2, 0.25) is 5.91 Å². The van der Waals surface area contributed by atoms with Crippen LogP contribution in [0.25, 0.3) is 21.5 Å². The smallest absolute Gasteiger partial charge is 0.240 e. The van der Waals surface area contributed by atoms with E-state index in [1.165, 1.54) is 5.56 Å². The summed E-state index contributed by atoms with van der Waals surface area (Å²) in [6.45, 7) is 2.35. The molecule has 0 unspecified atom stereocenters. The van der Waals surface area contributed by atoms with E-state index in [2.05, 4.69) is 46.5 Å². The number of rotatable bonds is 7. The Hall–Kier alpha value is -2.56. The molecule has 0 fully saturated rings. The molecule has 148 valence electrons. The molecule has 0 radical (unpaired) electrons. The lowest BCUT2D eigenvalue weighted by Gasteiger charge is -2.16.